The topological polar surface area (TPSA) is 96.4 Å². The molecule has 0 unspecified atom stereocenters. The van der Waals surface area contributed by atoms with Crippen molar-refractivity contribution in [3.05, 3.63) is 48.4 Å². The summed E-state index contributed by atoms with van der Waals surface area (Å²) in [7, 11) is 1.78. The molecule has 1 aromatic carbocycles. The van der Waals surface area contributed by atoms with E-state index >= 15 is 0 Å². The number of anilines is 2. The number of nitrogens with zero attached hydrogens (tertiary/aromatic N) is 6. The third kappa shape index (κ3) is 7.39. The first-order chi connectivity index (χ1) is 20.5. The number of carbonyl (C=O) groups is 1. The molecular formula is C30H34F3N7O2S. The summed E-state index contributed by atoms with van der Waals surface area (Å²) >= 11 is 1.31. The molecule has 0 bridgehead atoms. The zero-order valence-electron chi connectivity index (χ0n) is 24.5. The number of aromatic nitrogens is 4. The number of thiazole rings is 1. The van der Waals surface area contributed by atoms with E-state index in [2.05, 4.69) is 44.0 Å². The zero-order chi connectivity index (χ0) is 30.7. The average Bonchev–Trinajstić information content (AvgIpc) is 3.36. The van der Waals surface area contributed by atoms with Gasteiger partial charge in [0.1, 0.15) is 23.4 Å². The number of nitrogens with one attached hydrogen (secondary N) is 1. The fraction of sp³-hybridized carbons (Fsp3) is 0.433. The van der Waals surface area contributed by atoms with Crippen molar-refractivity contribution in [3.8, 4) is 22.9 Å². The van der Waals surface area contributed by atoms with Crippen LogP contribution in [-0.2, 0) is 11.0 Å². The van der Waals surface area contributed by atoms with Crippen molar-refractivity contribution < 1.29 is 22.7 Å². The van der Waals surface area contributed by atoms with Gasteiger partial charge in [0, 0.05) is 44.7 Å². The minimum atomic E-state index is -4.59. The second-order valence-electron chi connectivity index (χ2n) is 11.1. The van der Waals surface area contributed by atoms with Crippen LogP contribution in [0.4, 0.5) is 24.1 Å². The Kier molecular flexibility index (Phi) is 9.11. The summed E-state index contributed by atoms with van der Waals surface area (Å²) in [5.41, 5.74) is 0.400. The molecule has 13 heteroatoms. The van der Waals surface area contributed by atoms with Crippen LogP contribution in [0, 0.1) is 5.92 Å². The Hall–Kier alpha value is -3.84. The van der Waals surface area contributed by atoms with Crippen molar-refractivity contribution in [2.45, 2.75) is 52.3 Å². The van der Waals surface area contributed by atoms with Crippen LogP contribution < -0.4 is 15.0 Å². The maximum absolute atomic E-state index is 13.8. The summed E-state index contributed by atoms with van der Waals surface area (Å²) in [5, 5.41) is 3.12. The van der Waals surface area contributed by atoms with Crippen molar-refractivity contribution >= 4 is 38.4 Å². The van der Waals surface area contributed by atoms with E-state index < -0.39 is 11.9 Å². The molecule has 43 heavy (non-hydrogen) atoms. The molecule has 1 N–H and O–H groups in total. The van der Waals surface area contributed by atoms with E-state index in [-0.39, 0.29) is 23.6 Å². The van der Waals surface area contributed by atoms with Gasteiger partial charge in [-0.2, -0.15) is 13.2 Å². The minimum Gasteiger partial charge on any atom is -0.437 e. The molecule has 1 saturated heterocycles. The van der Waals surface area contributed by atoms with Gasteiger partial charge in [-0.15, -0.1) is 0 Å². The van der Waals surface area contributed by atoms with Gasteiger partial charge in [-0.3, -0.25) is 9.69 Å². The molecule has 1 amide bonds. The highest BCUT2D eigenvalue weighted by Gasteiger charge is 2.34. The van der Waals surface area contributed by atoms with Gasteiger partial charge < -0.3 is 15.0 Å². The first-order valence-electron chi connectivity index (χ1n) is 14.2. The molecule has 0 saturated carbocycles. The number of benzene rings is 1. The van der Waals surface area contributed by atoms with Gasteiger partial charge >= 0.3 is 6.18 Å². The highest BCUT2D eigenvalue weighted by molar-refractivity contribution is 7.22. The Balaban J connectivity index is 1.46. The number of piperidine rings is 1. The van der Waals surface area contributed by atoms with Gasteiger partial charge in [0.05, 0.1) is 10.4 Å². The Morgan fingerprint density at radius 2 is 2.00 bits per heavy atom. The van der Waals surface area contributed by atoms with E-state index in [1.807, 2.05) is 6.07 Å². The monoisotopic (exact) mass is 613 g/mol. The number of likely N-dealkylation sites (tertiary alicyclic amines) is 1. The molecule has 9 nitrogen and oxygen atoms in total. The summed E-state index contributed by atoms with van der Waals surface area (Å²) in [4.78, 5) is 32.9. The van der Waals surface area contributed by atoms with Crippen LogP contribution in [0.25, 0.3) is 21.5 Å². The Bertz CT molecular complexity index is 1590. The summed E-state index contributed by atoms with van der Waals surface area (Å²) in [6, 6.07) is 9.55. The Labute approximate surface area is 252 Å². The van der Waals surface area contributed by atoms with Crippen LogP contribution in [0.1, 0.15) is 45.7 Å². The second kappa shape index (κ2) is 12.8. The van der Waals surface area contributed by atoms with Crippen molar-refractivity contribution in [3.63, 3.8) is 0 Å². The number of hydrogen-bond acceptors (Lipinski definition) is 9. The predicted octanol–water partition coefficient (Wildman–Crippen LogP) is 6.86. The molecule has 1 fully saturated rings. The number of hydrogen-bond donors (Lipinski definition) is 1. The van der Waals surface area contributed by atoms with Crippen molar-refractivity contribution in [2.75, 3.05) is 36.9 Å². The minimum absolute atomic E-state index is 0.190. The quantitative estimate of drug-likeness (QED) is 0.219. The number of carbonyl (C=O) groups excluding carboxylic acids is 1. The SMILES string of the molecule is CC(=O)Nc1nc2c(Oc3cc(-c4ccc(C(F)(F)F)nc4N(C)C[C@@H]4CCCCN4CC(C)C)ncn3)cccc2s1. The number of rotatable bonds is 9. The van der Waals surface area contributed by atoms with Crippen molar-refractivity contribution in [2.24, 2.45) is 5.92 Å². The average molecular weight is 614 g/mol. The maximum atomic E-state index is 13.8. The van der Waals surface area contributed by atoms with E-state index in [1.54, 1.807) is 30.1 Å². The molecule has 1 atom stereocenters. The highest BCUT2D eigenvalue weighted by Crippen LogP contribution is 2.37. The highest BCUT2D eigenvalue weighted by atomic mass is 32.1. The Morgan fingerprint density at radius 3 is 2.74 bits per heavy atom. The lowest BCUT2D eigenvalue weighted by Gasteiger charge is -2.39. The molecule has 1 aliphatic heterocycles. The standard InChI is InChI=1S/C30H34F3N7O2S/c1-18(2)15-40-13-6-5-8-20(40)16-39(4)28-21(11-12-25(37-28)30(31,32)33)22-14-26(35-17-34-22)42-23-9-7-10-24-27(23)38-29(43-24)36-19(3)41/h7,9-12,14,17-18,20H,5-6,8,13,15-16H2,1-4H3,(H,36,38,41)/t20-/m0/s1. The number of ether oxygens (including phenoxy) is 1. The molecule has 5 rings (SSSR count). The van der Waals surface area contributed by atoms with Crippen LogP contribution in [-0.4, -0.2) is 63.5 Å². The van der Waals surface area contributed by atoms with Crippen LogP contribution in [0.15, 0.2) is 42.7 Å². The second-order valence-corrected chi connectivity index (χ2v) is 12.2. The lowest BCUT2D eigenvalue weighted by atomic mass is 10.00. The number of amides is 1. The van der Waals surface area contributed by atoms with Gasteiger partial charge in [0.25, 0.3) is 0 Å². The number of pyridine rings is 1. The molecular weight excluding hydrogens is 579 g/mol. The Morgan fingerprint density at radius 1 is 1.19 bits per heavy atom. The molecule has 0 radical (unpaired) electrons. The maximum Gasteiger partial charge on any atom is 0.433 e. The number of halogens is 3. The lowest BCUT2D eigenvalue weighted by molar-refractivity contribution is -0.141. The van der Waals surface area contributed by atoms with E-state index in [9.17, 15) is 18.0 Å². The molecule has 3 aromatic heterocycles. The zero-order valence-corrected chi connectivity index (χ0v) is 25.3. The summed E-state index contributed by atoms with van der Waals surface area (Å²) in [6.07, 6.45) is -0.109. The fourth-order valence-corrected chi connectivity index (χ4v) is 6.27. The third-order valence-electron chi connectivity index (χ3n) is 7.16. The van der Waals surface area contributed by atoms with Gasteiger partial charge in [-0.1, -0.05) is 37.7 Å². The summed E-state index contributed by atoms with van der Waals surface area (Å²) < 4.78 is 48.2. The third-order valence-corrected chi connectivity index (χ3v) is 8.09. The van der Waals surface area contributed by atoms with Gasteiger partial charge in [-0.25, -0.2) is 19.9 Å². The lowest BCUT2D eigenvalue weighted by Crippen LogP contribution is -2.47. The number of likely N-dealkylation sites (N-methyl/N-ethyl adjacent to an activating group) is 1. The first-order valence-corrected chi connectivity index (χ1v) is 15.0. The normalized spacial score (nSPS) is 16.0. The van der Waals surface area contributed by atoms with E-state index in [0.29, 0.717) is 40.1 Å². The van der Waals surface area contributed by atoms with Crippen LogP contribution in [0.5, 0.6) is 11.6 Å². The van der Waals surface area contributed by atoms with E-state index in [1.165, 1.54) is 30.7 Å². The molecule has 1 aliphatic rings. The molecule has 228 valence electrons. The summed E-state index contributed by atoms with van der Waals surface area (Å²) in [5.74, 6) is 1.05. The van der Waals surface area contributed by atoms with Crippen LogP contribution in [0.2, 0.25) is 0 Å². The van der Waals surface area contributed by atoms with Crippen LogP contribution >= 0.6 is 11.3 Å². The van der Waals surface area contributed by atoms with Gasteiger partial charge in [0.2, 0.25) is 11.8 Å². The molecule has 0 aliphatic carbocycles. The number of alkyl halides is 3. The first kappa shape index (κ1) is 30.6. The number of fused-ring (bicyclic) bond motifs is 1. The fourth-order valence-electron chi connectivity index (χ4n) is 5.34. The smallest absolute Gasteiger partial charge is 0.433 e. The molecule has 4 heterocycles. The van der Waals surface area contributed by atoms with E-state index in [4.69, 9.17) is 4.74 Å². The van der Waals surface area contributed by atoms with Crippen LogP contribution in [0.3, 0.4) is 0 Å². The van der Waals surface area contributed by atoms with Crippen molar-refractivity contribution in [1.82, 2.24) is 24.8 Å². The van der Waals surface area contributed by atoms with E-state index in [0.717, 1.165) is 43.1 Å². The predicted molar refractivity (Wildman–Crippen MR) is 162 cm³/mol. The van der Waals surface area contributed by atoms with Gasteiger partial charge in [0.15, 0.2) is 10.9 Å². The van der Waals surface area contributed by atoms with Gasteiger partial charge in [-0.05, 0) is 49.6 Å². The van der Waals surface area contributed by atoms with Crippen molar-refractivity contribution in [1.29, 1.82) is 0 Å². The summed E-state index contributed by atoms with van der Waals surface area (Å²) in [6.45, 7) is 8.20. The largest absolute Gasteiger partial charge is 0.437 e. The molecule has 0 spiro atoms. The number of para-hydroxylation sites is 1. The molecule has 4 aromatic rings.